The second-order valence-electron chi connectivity index (χ2n) is 6.74. The van der Waals surface area contributed by atoms with E-state index in [9.17, 15) is 4.79 Å². The number of nitrogens with one attached hydrogen (secondary N) is 2. The third kappa shape index (κ3) is 2.86. The fourth-order valence-electron chi connectivity index (χ4n) is 3.66. The zero-order valence-corrected chi connectivity index (χ0v) is 15.3. The molecule has 2 N–H and O–H groups in total. The van der Waals surface area contributed by atoms with Crippen LogP contribution in [-0.4, -0.2) is 42.2 Å². The minimum Gasteiger partial charge on any atom is -0.375 e. The Morgan fingerprint density at radius 2 is 2.04 bits per heavy atom. The molecule has 0 saturated carbocycles. The van der Waals surface area contributed by atoms with Crippen molar-refractivity contribution in [2.45, 2.75) is 0 Å². The highest BCUT2D eigenvalue weighted by atomic mass is 16.5. The van der Waals surface area contributed by atoms with Crippen LogP contribution in [0.25, 0.3) is 16.3 Å². The van der Waals surface area contributed by atoms with Gasteiger partial charge in [-0.25, -0.2) is 9.38 Å². The molecule has 0 radical (unpaired) electrons. The van der Waals surface area contributed by atoms with Crippen molar-refractivity contribution in [1.29, 1.82) is 0 Å². The first kappa shape index (κ1) is 16.7. The Morgan fingerprint density at radius 3 is 2.93 bits per heavy atom. The van der Waals surface area contributed by atoms with Crippen LogP contribution in [-0.2, 0) is 4.74 Å². The van der Waals surface area contributed by atoms with Gasteiger partial charge in [-0.2, -0.15) is 0 Å². The number of fused-ring (bicyclic) bond motifs is 2. The SMILES string of the molecule is O=C(Nc1cccc2cnccc12)c1[nH]c(N2CCOCC2)[n+]2ccccc12. The highest BCUT2D eigenvalue weighted by Crippen LogP contribution is 2.23. The molecule has 1 saturated heterocycles. The number of hydrogen-bond acceptors (Lipinski definition) is 4. The van der Waals surface area contributed by atoms with Gasteiger partial charge in [0, 0.05) is 28.9 Å². The average molecular weight is 374 g/mol. The Hall–Kier alpha value is -3.45. The number of amides is 1. The number of imidazole rings is 1. The summed E-state index contributed by atoms with van der Waals surface area (Å²) in [7, 11) is 0. The van der Waals surface area contributed by atoms with Gasteiger partial charge in [-0.1, -0.05) is 18.2 Å². The van der Waals surface area contributed by atoms with Gasteiger partial charge in [0.05, 0.1) is 32.5 Å². The summed E-state index contributed by atoms with van der Waals surface area (Å²) in [6, 6.07) is 13.6. The third-order valence-electron chi connectivity index (χ3n) is 5.05. The van der Waals surface area contributed by atoms with Gasteiger partial charge >= 0.3 is 5.95 Å². The molecule has 0 bridgehead atoms. The van der Waals surface area contributed by atoms with Crippen LogP contribution < -0.4 is 14.6 Å². The van der Waals surface area contributed by atoms with Crippen molar-refractivity contribution in [3.8, 4) is 0 Å². The van der Waals surface area contributed by atoms with Gasteiger partial charge in [0.1, 0.15) is 0 Å². The largest absolute Gasteiger partial charge is 0.375 e. The summed E-state index contributed by atoms with van der Waals surface area (Å²) in [4.78, 5) is 22.8. The van der Waals surface area contributed by atoms with E-state index in [1.54, 1.807) is 12.4 Å². The maximum atomic E-state index is 13.2. The number of carbonyl (C=O) groups is 1. The van der Waals surface area contributed by atoms with Crippen LogP contribution in [0.2, 0.25) is 0 Å². The number of H-pyrrole nitrogens is 1. The molecule has 7 nitrogen and oxygen atoms in total. The number of rotatable bonds is 3. The van der Waals surface area contributed by atoms with E-state index >= 15 is 0 Å². The van der Waals surface area contributed by atoms with Crippen LogP contribution in [0.4, 0.5) is 11.6 Å². The fourth-order valence-corrected chi connectivity index (χ4v) is 3.66. The van der Waals surface area contributed by atoms with Crippen LogP contribution in [0.3, 0.4) is 0 Å². The van der Waals surface area contributed by atoms with Crippen LogP contribution in [0.1, 0.15) is 10.5 Å². The number of hydrogen-bond donors (Lipinski definition) is 2. The number of anilines is 2. The average Bonchev–Trinajstić information content (AvgIpc) is 3.15. The van der Waals surface area contributed by atoms with Crippen LogP contribution in [0, 0.1) is 0 Å². The van der Waals surface area contributed by atoms with E-state index in [1.165, 1.54) is 0 Å². The molecule has 0 aliphatic carbocycles. The molecule has 7 heteroatoms. The van der Waals surface area contributed by atoms with Gasteiger partial charge in [0.15, 0.2) is 5.52 Å². The molecule has 4 aromatic rings. The number of aromatic nitrogens is 3. The summed E-state index contributed by atoms with van der Waals surface area (Å²) >= 11 is 0. The quantitative estimate of drug-likeness (QED) is 0.540. The summed E-state index contributed by atoms with van der Waals surface area (Å²) in [5.74, 6) is 0.721. The molecule has 0 unspecified atom stereocenters. The first-order valence-corrected chi connectivity index (χ1v) is 9.30. The number of aromatic amines is 1. The second-order valence-corrected chi connectivity index (χ2v) is 6.74. The predicted octanol–water partition coefficient (Wildman–Crippen LogP) is 2.39. The van der Waals surface area contributed by atoms with Crippen molar-refractivity contribution in [3.05, 3.63) is 66.7 Å². The third-order valence-corrected chi connectivity index (χ3v) is 5.05. The lowest BCUT2D eigenvalue weighted by atomic mass is 10.1. The van der Waals surface area contributed by atoms with Gasteiger partial charge in [-0.3, -0.25) is 14.7 Å². The minimum atomic E-state index is -0.174. The van der Waals surface area contributed by atoms with E-state index in [1.807, 2.05) is 53.1 Å². The van der Waals surface area contributed by atoms with E-state index < -0.39 is 0 Å². The van der Waals surface area contributed by atoms with Crippen molar-refractivity contribution >= 4 is 33.8 Å². The van der Waals surface area contributed by atoms with Gasteiger partial charge in [-0.15, -0.1) is 0 Å². The highest BCUT2D eigenvalue weighted by Gasteiger charge is 2.28. The number of pyridine rings is 2. The molecule has 1 fully saturated rings. The molecule has 1 aromatic carbocycles. The maximum Gasteiger partial charge on any atom is 0.363 e. The minimum absolute atomic E-state index is 0.174. The lowest BCUT2D eigenvalue weighted by Gasteiger charge is -2.21. The Kier molecular flexibility index (Phi) is 4.14. The van der Waals surface area contributed by atoms with Gasteiger partial charge in [0.25, 0.3) is 5.91 Å². The standard InChI is InChI=1S/C21H19N5O2/c27-20(23-17-5-3-4-15-14-22-8-7-16(15)17)19-18-6-1-2-9-26(18)21(24-19)25-10-12-28-13-11-25/h1-9,14H,10-13H2,(H,23,27)/p+1. The first-order chi connectivity index (χ1) is 13.8. The molecule has 1 amide bonds. The summed E-state index contributed by atoms with van der Waals surface area (Å²) in [5, 5.41) is 5.00. The summed E-state index contributed by atoms with van der Waals surface area (Å²) in [5.41, 5.74) is 2.14. The predicted molar refractivity (Wildman–Crippen MR) is 107 cm³/mol. The second kappa shape index (κ2) is 6.94. The van der Waals surface area contributed by atoms with E-state index in [2.05, 4.69) is 20.2 Å². The van der Waals surface area contributed by atoms with Crippen LogP contribution in [0.15, 0.2) is 61.1 Å². The van der Waals surface area contributed by atoms with Crippen molar-refractivity contribution < 1.29 is 13.9 Å². The molecular weight excluding hydrogens is 354 g/mol. The topological polar surface area (TPSA) is 74.3 Å². The van der Waals surface area contributed by atoms with E-state index in [0.717, 1.165) is 41.0 Å². The molecule has 28 heavy (non-hydrogen) atoms. The zero-order valence-electron chi connectivity index (χ0n) is 15.3. The maximum absolute atomic E-state index is 13.2. The normalized spacial score (nSPS) is 14.5. The van der Waals surface area contributed by atoms with Crippen molar-refractivity contribution in [3.63, 3.8) is 0 Å². The van der Waals surface area contributed by atoms with E-state index in [0.29, 0.717) is 18.9 Å². The number of benzene rings is 1. The summed E-state index contributed by atoms with van der Waals surface area (Å²) in [6.07, 6.45) is 5.49. The number of morpholine rings is 1. The van der Waals surface area contributed by atoms with Gasteiger partial charge in [0.2, 0.25) is 5.69 Å². The van der Waals surface area contributed by atoms with Crippen molar-refractivity contribution in [1.82, 2.24) is 9.97 Å². The molecular formula is C21H20N5O2+. The summed E-state index contributed by atoms with van der Waals surface area (Å²) < 4.78 is 7.48. The molecule has 4 heterocycles. The van der Waals surface area contributed by atoms with E-state index in [4.69, 9.17) is 4.74 Å². The summed E-state index contributed by atoms with van der Waals surface area (Å²) in [6.45, 7) is 2.93. The van der Waals surface area contributed by atoms with Crippen LogP contribution >= 0.6 is 0 Å². The van der Waals surface area contributed by atoms with Crippen molar-refractivity contribution in [2.24, 2.45) is 0 Å². The van der Waals surface area contributed by atoms with Crippen molar-refractivity contribution in [2.75, 3.05) is 36.5 Å². The Balaban J connectivity index is 1.54. The smallest absolute Gasteiger partial charge is 0.363 e. The molecule has 0 spiro atoms. The monoisotopic (exact) mass is 374 g/mol. The highest BCUT2D eigenvalue weighted by molar-refractivity contribution is 6.10. The molecule has 140 valence electrons. The van der Waals surface area contributed by atoms with E-state index in [-0.39, 0.29) is 5.91 Å². The fraction of sp³-hybridized carbons (Fsp3) is 0.190. The number of ether oxygens (including phenoxy) is 1. The van der Waals surface area contributed by atoms with Crippen LogP contribution in [0.5, 0.6) is 0 Å². The lowest BCUT2D eigenvalue weighted by Crippen LogP contribution is -2.41. The molecule has 1 aliphatic heterocycles. The molecule has 5 rings (SSSR count). The molecule has 1 aliphatic rings. The number of nitrogens with zero attached hydrogens (tertiary/aromatic N) is 3. The lowest BCUT2D eigenvalue weighted by molar-refractivity contribution is -0.497. The Morgan fingerprint density at radius 1 is 1.14 bits per heavy atom. The molecule has 3 aromatic heterocycles. The zero-order chi connectivity index (χ0) is 18.9. The first-order valence-electron chi connectivity index (χ1n) is 9.30. The molecule has 0 atom stereocenters. The van der Waals surface area contributed by atoms with Gasteiger partial charge < -0.3 is 10.1 Å². The number of carbonyl (C=O) groups excluding carboxylic acids is 1. The Bertz CT molecular complexity index is 1160. The Labute approximate surface area is 161 Å². The van der Waals surface area contributed by atoms with Gasteiger partial charge in [-0.05, 0) is 24.3 Å².